The van der Waals surface area contributed by atoms with Gasteiger partial charge in [0.2, 0.25) is 0 Å². The summed E-state index contributed by atoms with van der Waals surface area (Å²) in [6.07, 6.45) is 3.82. The van der Waals surface area contributed by atoms with Crippen LogP contribution in [0.3, 0.4) is 0 Å². The fourth-order valence-electron chi connectivity index (χ4n) is 7.99. The lowest BCUT2D eigenvalue weighted by Gasteiger charge is -2.20. The SMILES string of the molecule is CC(C)(C)c1ccnc(-n2c3cc(-n4c5ccccc5c5ccc(-c6ccccn6)cc54)ccc3c3c4ccccc4c4ccccc4c32)c1. The molecular weight excluding hydrogens is 609 g/mol. The maximum absolute atomic E-state index is 5.07. The van der Waals surface area contributed by atoms with Crippen molar-refractivity contribution in [2.24, 2.45) is 0 Å². The Morgan fingerprint density at radius 1 is 0.460 bits per heavy atom. The highest BCUT2D eigenvalue weighted by molar-refractivity contribution is 6.32. The topological polar surface area (TPSA) is 35.6 Å². The van der Waals surface area contributed by atoms with Crippen LogP contribution in [0.15, 0.2) is 152 Å². The van der Waals surface area contributed by atoms with Crippen molar-refractivity contribution in [2.45, 2.75) is 26.2 Å². The van der Waals surface area contributed by atoms with Gasteiger partial charge in [0.05, 0.1) is 27.8 Å². The number of benzene rings is 6. The third kappa shape index (κ3) is 4.18. The van der Waals surface area contributed by atoms with Gasteiger partial charge in [-0.25, -0.2) is 4.98 Å². The van der Waals surface area contributed by atoms with E-state index in [4.69, 9.17) is 4.98 Å². The molecule has 0 aliphatic carbocycles. The molecule has 0 aliphatic rings. The molecule has 0 radical (unpaired) electrons. The highest BCUT2D eigenvalue weighted by Crippen LogP contribution is 2.44. The molecule has 4 heteroatoms. The number of fused-ring (bicyclic) bond motifs is 11. The lowest BCUT2D eigenvalue weighted by atomic mass is 9.88. The molecule has 238 valence electrons. The Kier molecular flexibility index (Phi) is 6.10. The number of hydrogen-bond acceptors (Lipinski definition) is 2. The van der Waals surface area contributed by atoms with Crippen molar-refractivity contribution in [3.05, 3.63) is 157 Å². The lowest BCUT2D eigenvalue weighted by molar-refractivity contribution is 0.589. The molecule has 50 heavy (non-hydrogen) atoms. The number of rotatable bonds is 3. The van der Waals surface area contributed by atoms with Gasteiger partial charge in [-0.3, -0.25) is 9.55 Å². The summed E-state index contributed by atoms with van der Waals surface area (Å²) in [5, 5.41) is 9.90. The first kappa shape index (κ1) is 28.7. The molecule has 0 saturated carbocycles. The van der Waals surface area contributed by atoms with Gasteiger partial charge in [-0.15, -0.1) is 0 Å². The fraction of sp³-hybridized carbons (Fsp3) is 0.0870. The summed E-state index contributed by atoms with van der Waals surface area (Å²) in [6, 6.07) is 50.5. The van der Waals surface area contributed by atoms with Gasteiger partial charge in [0.15, 0.2) is 0 Å². The van der Waals surface area contributed by atoms with Crippen molar-refractivity contribution in [3.8, 4) is 22.8 Å². The summed E-state index contributed by atoms with van der Waals surface area (Å²) in [5.41, 5.74) is 9.03. The zero-order chi connectivity index (χ0) is 33.6. The van der Waals surface area contributed by atoms with Gasteiger partial charge in [-0.05, 0) is 75.7 Å². The normalized spacial score (nSPS) is 12.3. The molecule has 4 heterocycles. The Balaban J connectivity index is 1.36. The molecule has 0 saturated heterocycles. The largest absolute Gasteiger partial charge is 0.309 e. The Labute approximate surface area is 289 Å². The monoisotopic (exact) mass is 642 g/mol. The van der Waals surface area contributed by atoms with E-state index in [0.29, 0.717) is 0 Å². The lowest BCUT2D eigenvalue weighted by Crippen LogP contribution is -2.12. The van der Waals surface area contributed by atoms with Crippen LogP contribution in [0, 0.1) is 0 Å². The van der Waals surface area contributed by atoms with E-state index in [-0.39, 0.29) is 5.41 Å². The van der Waals surface area contributed by atoms with Crippen LogP contribution in [-0.4, -0.2) is 19.1 Å². The van der Waals surface area contributed by atoms with E-state index in [1.165, 1.54) is 59.7 Å². The van der Waals surface area contributed by atoms with Crippen LogP contribution in [0.25, 0.3) is 87.9 Å². The number of pyridine rings is 2. The minimum Gasteiger partial charge on any atom is -0.309 e. The van der Waals surface area contributed by atoms with E-state index in [9.17, 15) is 0 Å². The minimum absolute atomic E-state index is 0.0232. The summed E-state index contributed by atoms with van der Waals surface area (Å²) in [6.45, 7) is 6.79. The van der Waals surface area contributed by atoms with Crippen molar-refractivity contribution >= 4 is 65.2 Å². The van der Waals surface area contributed by atoms with Crippen molar-refractivity contribution in [1.29, 1.82) is 0 Å². The molecule has 0 bridgehead atoms. The van der Waals surface area contributed by atoms with E-state index in [2.05, 4.69) is 162 Å². The van der Waals surface area contributed by atoms with Gasteiger partial charge in [0, 0.05) is 50.6 Å². The Morgan fingerprint density at radius 2 is 1.12 bits per heavy atom. The van der Waals surface area contributed by atoms with Crippen molar-refractivity contribution in [1.82, 2.24) is 19.1 Å². The van der Waals surface area contributed by atoms with E-state index in [1.807, 2.05) is 24.5 Å². The highest BCUT2D eigenvalue weighted by atomic mass is 15.1. The van der Waals surface area contributed by atoms with E-state index in [0.717, 1.165) is 33.8 Å². The van der Waals surface area contributed by atoms with Crippen LogP contribution >= 0.6 is 0 Å². The van der Waals surface area contributed by atoms with E-state index < -0.39 is 0 Å². The molecule has 0 spiro atoms. The van der Waals surface area contributed by atoms with Gasteiger partial charge < -0.3 is 4.57 Å². The zero-order valence-corrected chi connectivity index (χ0v) is 28.2. The molecule has 0 N–H and O–H groups in total. The molecule has 10 rings (SSSR count). The fourth-order valence-corrected chi connectivity index (χ4v) is 7.99. The Morgan fingerprint density at radius 3 is 1.90 bits per heavy atom. The van der Waals surface area contributed by atoms with Crippen molar-refractivity contribution in [2.75, 3.05) is 0 Å². The molecule has 0 aliphatic heterocycles. The van der Waals surface area contributed by atoms with Gasteiger partial charge in [0.1, 0.15) is 5.82 Å². The molecule has 0 unspecified atom stereocenters. The summed E-state index contributed by atoms with van der Waals surface area (Å²) in [5.74, 6) is 0.926. The van der Waals surface area contributed by atoms with Gasteiger partial charge in [-0.2, -0.15) is 0 Å². The first-order valence-corrected chi connectivity index (χ1v) is 17.3. The number of aromatic nitrogens is 4. The van der Waals surface area contributed by atoms with Crippen LogP contribution in [0.5, 0.6) is 0 Å². The Hall–Kier alpha value is -6.26. The summed E-state index contributed by atoms with van der Waals surface area (Å²) in [4.78, 5) is 9.75. The summed E-state index contributed by atoms with van der Waals surface area (Å²) in [7, 11) is 0. The third-order valence-corrected chi connectivity index (χ3v) is 10.4. The Bertz CT molecular complexity index is 2960. The van der Waals surface area contributed by atoms with Crippen LogP contribution in [0.1, 0.15) is 26.3 Å². The summed E-state index contributed by atoms with van der Waals surface area (Å²) < 4.78 is 4.82. The first-order chi connectivity index (χ1) is 24.5. The number of nitrogens with zero attached hydrogens (tertiary/aromatic N) is 4. The standard InChI is InChI=1S/C46H34N4/c1-46(2,3)30-23-25-48-43(27-30)50-42-28-31(20-22-38(42)44-36-15-6-4-12-32(36)33-13-5-7-16-37(33)45(44)50)49-40-18-9-8-14-34(40)35-21-19-29(26-41(35)49)39-17-10-11-24-47-39/h4-28H,1-3H3. The van der Waals surface area contributed by atoms with Crippen molar-refractivity contribution in [3.63, 3.8) is 0 Å². The number of hydrogen-bond donors (Lipinski definition) is 0. The van der Waals surface area contributed by atoms with Crippen LogP contribution in [0.4, 0.5) is 0 Å². The maximum atomic E-state index is 5.07. The smallest absolute Gasteiger partial charge is 0.137 e. The van der Waals surface area contributed by atoms with Crippen LogP contribution in [-0.2, 0) is 5.41 Å². The molecule has 6 aromatic carbocycles. The maximum Gasteiger partial charge on any atom is 0.137 e. The first-order valence-electron chi connectivity index (χ1n) is 17.3. The molecule has 0 atom stereocenters. The second-order valence-electron chi connectivity index (χ2n) is 14.3. The molecule has 4 aromatic heterocycles. The third-order valence-electron chi connectivity index (χ3n) is 10.4. The molecule has 0 amide bonds. The molecule has 10 aromatic rings. The number of para-hydroxylation sites is 1. The molecular formula is C46H34N4. The second-order valence-corrected chi connectivity index (χ2v) is 14.3. The predicted octanol–water partition coefficient (Wildman–Crippen LogP) is 11.9. The van der Waals surface area contributed by atoms with E-state index >= 15 is 0 Å². The second kappa shape index (κ2) is 10.6. The molecule has 4 nitrogen and oxygen atoms in total. The van der Waals surface area contributed by atoms with Gasteiger partial charge in [0.25, 0.3) is 0 Å². The summed E-state index contributed by atoms with van der Waals surface area (Å²) >= 11 is 0. The van der Waals surface area contributed by atoms with Crippen LogP contribution < -0.4 is 0 Å². The minimum atomic E-state index is -0.0232. The predicted molar refractivity (Wildman–Crippen MR) is 210 cm³/mol. The van der Waals surface area contributed by atoms with Crippen LogP contribution in [0.2, 0.25) is 0 Å². The average molecular weight is 643 g/mol. The quantitative estimate of drug-likeness (QED) is 0.180. The average Bonchev–Trinajstić information content (AvgIpc) is 3.68. The van der Waals surface area contributed by atoms with Gasteiger partial charge >= 0.3 is 0 Å². The van der Waals surface area contributed by atoms with Gasteiger partial charge in [-0.1, -0.05) is 112 Å². The van der Waals surface area contributed by atoms with E-state index in [1.54, 1.807) is 0 Å². The zero-order valence-electron chi connectivity index (χ0n) is 28.2. The molecule has 0 fully saturated rings. The van der Waals surface area contributed by atoms with Crippen molar-refractivity contribution < 1.29 is 0 Å². The highest BCUT2D eigenvalue weighted by Gasteiger charge is 2.22.